The van der Waals surface area contributed by atoms with Gasteiger partial charge in [0.1, 0.15) is 0 Å². The maximum atomic E-state index is 12.7. The van der Waals surface area contributed by atoms with Gasteiger partial charge in [-0.2, -0.15) is 0 Å². The maximum absolute atomic E-state index is 12.7. The first kappa shape index (κ1) is 14.3. The summed E-state index contributed by atoms with van der Waals surface area (Å²) in [6.07, 6.45) is 5.10. The number of Topliss-reactive ketones (excluding diaryl/α,β-unsaturated/α-hetero) is 1. The largest absolute Gasteiger partial charge is 0.493 e. The quantitative estimate of drug-likeness (QED) is 0.815. The van der Waals surface area contributed by atoms with Crippen molar-refractivity contribution in [3.63, 3.8) is 0 Å². The van der Waals surface area contributed by atoms with E-state index in [1.54, 1.807) is 26.5 Å². The Kier molecular flexibility index (Phi) is 3.92. The summed E-state index contributed by atoms with van der Waals surface area (Å²) in [4.78, 5) is 16.9. The standard InChI is InChI=1S/C18H17NO3/c1-21-16-10-12-6-7-13(9-14-5-3-4-8-19-14)18(20)15(12)11-17(16)22-2/h3-5,8-11H,6-7H2,1-2H3/b13-9+. The van der Waals surface area contributed by atoms with Crippen LogP contribution >= 0.6 is 0 Å². The molecule has 4 nitrogen and oxygen atoms in total. The fraction of sp³-hybridized carbons (Fsp3) is 0.222. The number of hydrogen-bond donors (Lipinski definition) is 0. The Morgan fingerprint density at radius 1 is 1.09 bits per heavy atom. The van der Waals surface area contributed by atoms with Gasteiger partial charge in [-0.05, 0) is 48.7 Å². The molecule has 1 heterocycles. The molecule has 0 bridgehead atoms. The molecular weight excluding hydrogens is 278 g/mol. The van der Waals surface area contributed by atoms with E-state index in [2.05, 4.69) is 4.98 Å². The minimum atomic E-state index is 0.0351. The van der Waals surface area contributed by atoms with Gasteiger partial charge in [0.05, 0.1) is 19.9 Å². The van der Waals surface area contributed by atoms with Crippen LogP contribution in [0.5, 0.6) is 11.5 Å². The highest BCUT2D eigenvalue weighted by molar-refractivity contribution is 6.13. The molecule has 1 aliphatic carbocycles. The lowest BCUT2D eigenvalue weighted by Gasteiger charge is -2.20. The summed E-state index contributed by atoms with van der Waals surface area (Å²) in [6, 6.07) is 9.32. The van der Waals surface area contributed by atoms with Crippen molar-refractivity contribution >= 4 is 11.9 Å². The zero-order chi connectivity index (χ0) is 15.5. The molecule has 0 unspecified atom stereocenters. The number of fused-ring (bicyclic) bond motifs is 1. The van der Waals surface area contributed by atoms with E-state index in [4.69, 9.17) is 9.47 Å². The van der Waals surface area contributed by atoms with Gasteiger partial charge in [0.15, 0.2) is 17.3 Å². The first-order valence-electron chi connectivity index (χ1n) is 7.14. The van der Waals surface area contributed by atoms with Gasteiger partial charge in [-0.15, -0.1) is 0 Å². The van der Waals surface area contributed by atoms with Gasteiger partial charge in [0, 0.05) is 17.3 Å². The number of benzene rings is 1. The molecule has 0 fully saturated rings. The van der Waals surface area contributed by atoms with E-state index in [1.807, 2.05) is 30.3 Å². The number of ketones is 1. The van der Waals surface area contributed by atoms with Crippen molar-refractivity contribution in [1.82, 2.24) is 4.98 Å². The number of methoxy groups -OCH3 is 2. The second-order valence-corrected chi connectivity index (χ2v) is 5.12. The minimum absolute atomic E-state index is 0.0351. The molecule has 0 aliphatic heterocycles. The third-order valence-corrected chi connectivity index (χ3v) is 3.82. The molecule has 1 aromatic heterocycles. The fourth-order valence-corrected chi connectivity index (χ4v) is 2.67. The summed E-state index contributed by atoms with van der Waals surface area (Å²) >= 11 is 0. The number of nitrogens with zero attached hydrogens (tertiary/aromatic N) is 1. The van der Waals surface area contributed by atoms with Gasteiger partial charge in [-0.25, -0.2) is 0 Å². The number of aryl methyl sites for hydroxylation is 1. The molecule has 3 rings (SSSR count). The van der Waals surface area contributed by atoms with Crippen LogP contribution in [0.1, 0.15) is 28.0 Å². The van der Waals surface area contributed by atoms with Crippen LogP contribution in [0.2, 0.25) is 0 Å². The van der Waals surface area contributed by atoms with Crippen molar-refractivity contribution in [3.05, 3.63) is 58.9 Å². The van der Waals surface area contributed by atoms with Crippen molar-refractivity contribution in [3.8, 4) is 11.5 Å². The summed E-state index contributed by atoms with van der Waals surface area (Å²) in [5.74, 6) is 1.27. The fourth-order valence-electron chi connectivity index (χ4n) is 2.67. The number of carbonyl (C=O) groups is 1. The van der Waals surface area contributed by atoms with E-state index >= 15 is 0 Å². The average Bonchev–Trinajstić information content (AvgIpc) is 2.57. The molecule has 1 aromatic carbocycles. The van der Waals surface area contributed by atoms with Gasteiger partial charge in [-0.1, -0.05) is 6.07 Å². The van der Waals surface area contributed by atoms with Crippen molar-refractivity contribution in [2.24, 2.45) is 0 Å². The van der Waals surface area contributed by atoms with Gasteiger partial charge in [-0.3, -0.25) is 9.78 Å². The number of rotatable bonds is 3. The lowest BCUT2D eigenvalue weighted by Crippen LogP contribution is -2.14. The third-order valence-electron chi connectivity index (χ3n) is 3.82. The molecule has 0 N–H and O–H groups in total. The second-order valence-electron chi connectivity index (χ2n) is 5.12. The van der Waals surface area contributed by atoms with E-state index < -0.39 is 0 Å². The molecule has 0 atom stereocenters. The number of carbonyl (C=O) groups excluding carboxylic acids is 1. The van der Waals surface area contributed by atoms with Crippen molar-refractivity contribution in [2.45, 2.75) is 12.8 Å². The number of allylic oxidation sites excluding steroid dienone is 1. The topological polar surface area (TPSA) is 48.4 Å². The molecule has 0 amide bonds. The Morgan fingerprint density at radius 3 is 2.55 bits per heavy atom. The molecule has 2 aromatic rings. The Bertz CT molecular complexity index is 735. The third kappa shape index (κ3) is 2.60. The molecule has 0 saturated carbocycles. The second kappa shape index (κ2) is 6.02. The van der Waals surface area contributed by atoms with Crippen LogP contribution in [0.3, 0.4) is 0 Å². The van der Waals surface area contributed by atoms with E-state index in [0.717, 1.165) is 23.3 Å². The van der Waals surface area contributed by atoms with Gasteiger partial charge < -0.3 is 9.47 Å². The number of hydrogen-bond acceptors (Lipinski definition) is 4. The van der Waals surface area contributed by atoms with E-state index in [9.17, 15) is 4.79 Å². The Balaban J connectivity index is 2.00. The van der Waals surface area contributed by atoms with Gasteiger partial charge in [0.2, 0.25) is 0 Å². The van der Waals surface area contributed by atoms with Crippen LogP contribution in [-0.2, 0) is 6.42 Å². The smallest absolute Gasteiger partial charge is 0.189 e. The van der Waals surface area contributed by atoms with Gasteiger partial charge in [0.25, 0.3) is 0 Å². The molecule has 4 heteroatoms. The molecule has 112 valence electrons. The normalized spacial score (nSPS) is 15.5. The Morgan fingerprint density at radius 2 is 1.86 bits per heavy atom. The van der Waals surface area contributed by atoms with Crippen LogP contribution in [0.15, 0.2) is 42.1 Å². The molecular formula is C18H17NO3. The van der Waals surface area contributed by atoms with E-state index in [-0.39, 0.29) is 5.78 Å². The molecule has 1 aliphatic rings. The molecule has 0 spiro atoms. The molecule has 22 heavy (non-hydrogen) atoms. The van der Waals surface area contributed by atoms with Crippen molar-refractivity contribution in [1.29, 1.82) is 0 Å². The minimum Gasteiger partial charge on any atom is -0.493 e. The van der Waals surface area contributed by atoms with Crippen LogP contribution in [0.25, 0.3) is 6.08 Å². The first-order chi connectivity index (χ1) is 10.7. The number of aromatic nitrogens is 1. The zero-order valence-electron chi connectivity index (χ0n) is 12.6. The highest BCUT2D eigenvalue weighted by Gasteiger charge is 2.24. The number of pyridine rings is 1. The maximum Gasteiger partial charge on any atom is 0.189 e. The molecule has 0 saturated heterocycles. The Labute approximate surface area is 129 Å². The highest BCUT2D eigenvalue weighted by Crippen LogP contribution is 2.35. The van der Waals surface area contributed by atoms with E-state index in [1.165, 1.54) is 0 Å². The summed E-state index contributed by atoms with van der Waals surface area (Å²) in [6.45, 7) is 0. The monoisotopic (exact) mass is 295 g/mol. The van der Waals surface area contributed by atoms with Crippen molar-refractivity contribution in [2.75, 3.05) is 14.2 Å². The van der Waals surface area contributed by atoms with Crippen LogP contribution in [0, 0.1) is 0 Å². The first-order valence-corrected chi connectivity index (χ1v) is 7.14. The van der Waals surface area contributed by atoms with Crippen LogP contribution in [0.4, 0.5) is 0 Å². The zero-order valence-corrected chi connectivity index (χ0v) is 12.6. The number of ether oxygens (including phenoxy) is 2. The van der Waals surface area contributed by atoms with E-state index in [0.29, 0.717) is 23.5 Å². The summed E-state index contributed by atoms with van der Waals surface area (Å²) in [5, 5.41) is 0. The highest BCUT2D eigenvalue weighted by atomic mass is 16.5. The van der Waals surface area contributed by atoms with Crippen LogP contribution < -0.4 is 9.47 Å². The predicted molar refractivity (Wildman–Crippen MR) is 84.4 cm³/mol. The SMILES string of the molecule is COc1cc2c(cc1OC)C(=O)/C(=C/c1ccccn1)CC2. The lowest BCUT2D eigenvalue weighted by atomic mass is 9.86. The summed E-state index contributed by atoms with van der Waals surface area (Å²) < 4.78 is 10.6. The average molecular weight is 295 g/mol. The lowest BCUT2D eigenvalue weighted by molar-refractivity contribution is 0.102. The van der Waals surface area contributed by atoms with Crippen LogP contribution in [-0.4, -0.2) is 25.0 Å². The molecule has 0 radical (unpaired) electrons. The van der Waals surface area contributed by atoms with Crippen molar-refractivity contribution < 1.29 is 14.3 Å². The Hall–Kier alpha value is -2.62. The predicted octanol–water partition coefficient (Wildman–Crippen LogP) is 3.31. The summed E-state index contributed by atoms with van der Waals surface area (Å²) in [5.41, 5.74) is 3.26. The van der Waals surface area contributed by atoms with Gasteiger partial charge >= 0.3 is 0 Å². The summed E-state index contributed by atoms with van der Waals surface area (Å²) in [7, 11) is 3.17.